The van der Waals surface area contributed by atoms with Crippen LogP contribution in [0.2, 0.25) is 0 Å². The summed E-state index contributed by atoms with van der Waals surface area (Å²) in [5.74, 6) is -0.441. The summed E-state index contributed by atoms with van der Waals surface area (Å²) >= 11 is 0. The Morgan fingerprint density at radius 1 is 1.08 bits per heavy atom. The van der Waals surface area contributed by atoms with Crippen molar-refractivity contribution in [3.8, 4) is 0 Å². The topological polar surface area (TPSA) is 92.3 Å². The standard InChI is InChI=1S/C19H22N4O3/c1-26-19(7-11-21-12-8-19)18(25)23-16-4-2-3-14(13-16)17(24)22-15-5-9-20-10-6-15/h2-6,9-10,13,21H,7-8,11-12H2,1H3,(H,23,25)(H,20,22,24). The number of rotatable bonds is 5. The quantitative estimate of drug-likeness (QED) is 0.764. The molecule has 3 N–H and O–H groups in total. The molecule has 1 aromatic carbocycles. The first-order chi connectivity index (χ1) is 12.6. The molecule has 0 unspecified atom stereocenters. The van der Waals surface area contributed by atoms with Gasteiger partial charge in [-0.3, -0.25) is 14.6 Å². The number of methoxy groups -OCH3 is 1. The van der Waals surface area contributed by atoms with Crippen molar-refractivity contribution in [2.75, 3.05) is 30.8 Å². The van der Waals surface area contributed by atoms with Gasteiger partial charge in [-0.15, -0.1) is 0 Å². The molecule has 2 amide bonds. The van der Waals surface area contributed by atoms with Crippen molar-refractivity contribution in [2.45, 2.75) is 18.4 Å². The van der Waals surface area contributed by atoms with Crippen LogP contribution in [0.1, 0.15) is 23.2 Å². The van der Waals surface area contributed by atoms with Gasteiger partial charge in [0.2, 0.25) is 0 Å². The van der Waals surface area contributed by atoms with Crippen LogP contribution in [0.15, 0.2) is 48.8 Å². The Labute approximate surface area is 152 Å². The molecule has 0 radical (unpaired) electrons. The van der Waals surface area contributed by atoms with Gasteiger partial charge in [-0.05, 0) is 56.3 Å². The van der Waals surface area contributed by atoms with Gasteiger partial charge in [0.25, 0.3) is 11.8 Å². The van der Waals surface area contributed by atoms with E-state index in [1.165, 1.54) is 0 Å². The van der Waals surface area contributed by atoms with Crippen molar-refractivity contribution in [2.24, 2.45) is 0 Å². The maximum Gasteiger partial charge on any atom is 0.256 e. The summed E-state index contributed by atoms with van der Waals surface area (Å²) in [7, 11) is 1.56. The molecule has 0 saturated carbocycles. The molecule has 3 rings (SSSR count). The van der Waals surface area contributed by atoms with E-state index in [0.717, 1.165) is 13.1 Å². The molecule has 1 aliphatic heterocycles. The van der Waals surface area contributed by atoms with Gasteiger partial charge in [0.05, 0.1) is 0 Å². The number of carbonyl (C=O) groups is 2. The van der Waals surface area contributed by atoms with E-state index in [4.69, 9.17) is 4.74 Å². The molecule has 0 bridgehead atoms. The van der Waals surface area contributed by atoms with Crippen LogP contribution in [-0.4, -0.2) is 42.6 Å². The van der Waals surface area contributed by atoms with Crippen LogP contribution in [0.5, 0.6) is 0 Å². The van der Waals surface area contributed by atoms with Gasteiger partial charge in [0.15, 0.2) is 0 Å². The van der Waals surface area contributed by atoms with Crippen molar-refractivity contribution >= 4 is 23.2 Å². The molecular weight excluding hydrogens is 332 g/mol. The van der Waals surface area contributed by atoms with E-state index in [-0.39, 0.29) is 11.8 Å². The number of nitrogens with one attached hydrogen (secondary N) is 3. The first kappa shape index (κ1) is 18.0. The average molecular weight is 354 g/mol. The smallest absolute Gasteiger partial charge is 0.256 e. The number of ether oxygens (including phenoxy) is 1. The predicted molar refractivity (Wildman–Crippen MR) is 99.1 cm³/mol. The van der Waals surface area contributed by atoms with E-state index in [0.29, 0.717) is 29.8 Å². The molecule has 0 atom stereocenters. The van der Waals surface area contributed by atoms with E-state index >= 15 is 0 Å². The van der Waals surface area contributed by atoms with Crippen molar-refractivity contribution < 1.29 is 14.3 Å². The molecule has 1 fully saturated rings. The molecule has 1 saturated heterocycles. The Morgan fingerprint density at radius 3 is 2.50 bits per heavy atom. The minimum atomic E-state index is -0.833. The third-order valence-electron chi connectivity index (χ3n) is 4.54. The van der Waals surface area contributed by atoms with Crippen LogP contribution in [0.4, 0.5) is 11.4 Å². The fourth-order valence-electron chi connectivity index (χ4n) is 2.98. The molecule has 0 aliphatic carbocycles. The van der Waals surface area contributed by atoms with Crippen molar-refractivity contribution in [1.82, 2.24) is 10.3 Å². The Kier molecular flexibility index (Phi) is 5.60. The van der Waals surface area contributed by atoms with Crippen LogP contribution < -0.4 is 16.0 Å². The van der Waals surface area contributed by atoms with E-state index in [1.54, 1.807) is 55.9 Å². The number of hydrogen-bond acceptors (Lipinski definition) is 5. The van der Waals surface area contributed by atoms with Crippen molar-refractivity contribution in [1.29, 1.82) is 0 Å². The molecule has 136 valence electrons. The average Bonchev–Trinajstić information content (AvgIpc) is 2.69. The zero-order valence-corrected chi connectivity index (χ0v) is 14.6. The van der Waals surface area contributed by atoms with E-state index < -0.39 is 5.60 Å². The third-order valence-corrected chi connectivity index (χ3v) is 4.54. The first-order valence-corrected chi connectivity index (χ1v) is 8.52. The third kappa shape index (κ3) is 4.07. The summed E-state index contributed by atoms with van der Waals surface area (Å²) in [5, 5.41) is 8.90. The summed E-state index contributed by atoms with van der Waals surface area (Å²) in [4.78, 5) is 29.0. The maximum atomic E-state index is 12.7. The number of aromatic nitrogens is 1. The largest absolute Gasteiger partial charge is 0.368 e. The lowest BCUT2D eigenvalue weighted by Crippen LogP contribution is -2.51. The SMILES string of the molecule is COC1(C(=O)Nc2cccc(C(=O)Nc3ccncc3)c2)CCNCC1. The summed E-state index contributed by atoms with van der Waals surface area (Å²) in [6, 6.07) is 10.3. The minimum Gasteiger partial charge on any atom is -0.368 e. The zero-order valence-electron chi connectivity index (χ0n) is 14.6. The Bertz CT molecular complexity index is 773. The highest BCUT2D eigenvalue weighted by Gasteiger charge is 2.39. The Balaban J connectivity index is 1.70. The number of piperidine rings is 1. The van der Waals surface area contributed by atoms with Crippen molar-refractivity contribution in [3.05, 3.63) is 54.4 Å². The molecule has 0 spiro atoms. The Morgan fingerprint density at radius 2 is 1.81 bits per heavy atom. The monoisotopic (exact) mass is 354 g/mol. The normalized spacial score (nSPS) is 15.9. The number of hydrogen-bond donors (Lipinski definition) is 3. The molecule has 7 heteroatoms. The Hall–Kier alpha value is -2.77. The lowest BCUT2D eigenvalue weighted by Gasteiger charge is -2.34. The summed E-state index contributed by atoms with van der Waals surface area (Å²) < 4.78 is 5.53. The lowest BCUT2D eigenvalue weighted by molar-refractivity contribution is -0.140. The summed E-state index contributed by atoms with van der Waals surface area (Å²) in [5.41, 5.74) is 0.844. The van der Waals surface area contributed by atoms with E-state index in [2.05, 4.69) is 20.9 Å². The number of nitrogens with zero attached hydrogens (tertiary/aromatic N) is 1. The second kappa shape index (κ2) is 8.07. The fraction of sp³-hybridized carbons (Fsp3) is 0.316. The molecule has 1 aliphatic rings. The number of amides is 2. The minimum absolute atomic E-state index is 0.187. The van der Waals surface area contributed by atoms with Crippen LogP contribution in [-0.2, 0) is 9.53 Å². The maximum absolute atomic E-state index is 12.7. The van der Waals surface area contributed by atoms with E-state index in [1.807, 2.05) is 0 Å². The van der Waals surface area contributed by atoms with Gasteiger partial charge < -0.3 is 20.7 Å². The highest BCUT2D eigenvalue weighted by Crippen LogP contribution is 2.25. The van der Waals surface area contributed by atoms with Crippen molar-refractivity contribution in [3.63, 3.8) is 0 Å². The number of benzene rings is 1. The van der Waals surface area contributed by atoms with Crippen LogP contribution in [0, 0.1) is 0 Å². The van der Waals surface area contributed by atoms with Crippen LogP contribution in [0.3, 0.4) is 0 Å². The summed E-state index contributed by atoms with van der Waals surface area (Å²) in [6.45, 7) is 1.46. The number of pyridine rings is 1. The van der Waals surface area contributed by atoms with E-state index in [9.17, 15) is 9.59 Å². The zero-order chi connectivity index (χ0) is 18.4. The predicted octanol–water partition coefficient (Wildman–Crippen LogP) is 2.04. The molecular formula is C19H22N4O3. The van der Waals surface area contributed by atoms with Gasteiger partial charge in [-0.25, -0.2) is 0 Å². The number of carbonyl (C=O) groups excluding carboxylic acids is 2. The highest BCUT2D eigenvalue weighted by molar-refractivity contribution is 6.05. The molecule has 2 aromatic rings. The van der Waals surface area contributed by atoms with Gasteiger partial charge >= 0.3 is 0 Å². The van der Waals surface area contributed by atoms with Crippen LogP contribution >= 0.6 is 0 Å². The summed E-state index contributed by atoms with van der Waals surface area (Å²) in [6.07, 6.45) is 4.43. The first-order valence-electron chi connectivity index (χ1n) is 8.52. The second-order valence-electron chi connectivity index (χ2n) is 6.17. The molecule has 26 heavy (non-hydrogen) atoms. The van der Waals surface area contributed by atoms with Gasteiger partial charge in [0, 0.05) is 36.4 Å². The molecule has 2 heterocycles. The van der Waals surface area contributed by atoms with Crippen LogP contribution in [0.25, 0.3) is 0 Å². The second-order valence-corrected chi connectivity index (χ2v) is 6.17. The lowest BCUT2D eigenvalue weighted by atomic mass is 9.91. The molecule has 7 nitrogen and oxygen atoms in total. The number of anilines is 2. The highest BCUT2D eigenvalue weighted by atomic mass is 16.5. The van der Waals surface area contributed by atoms with Gasteiger partial charge in [-0.1, -0.05) is 6.07 Å². The van der Waals surface area contributed by atoms with Gasteiger partial charge in [0.1, 0.15) is 5.60 Å². The van der Waals surface area contributed by atoms with Gasteiger partial charge in [-0.2, -0.15) is 0 Å². The fourth-order valence-corrected chi connectivity index (χ4v) is 2.98. The molecule has 1 aromatic heterocycles.